The van der Waals surface area contributed by atoms with Crippen LogP contribution in [0, 0.1) is 25.7 Å². The van der Waals surface area contributed by atoms with Crippen molar-refractivity contribution in [2.75, 3.05) is 25.4 Å². The van der Waals surface area contributed by atoms with Crippen LogP contribution in [0.25, 0.3) is 0 Å². The fraction of sp³-hybridized carbons (Fsp3) is 0.690. The molecule has 1 saturated carbocycles. The number of carbonyl (C=O) groups is 2. The Bertz CT molecular complexity index is 1200. The molecule has 4 aliphatic rings. The third-order valence-electron chi connectivity index (χ3n) is 9.25. The maximum atomic E-state index is 13.3. The van der Waals surface area contributed by atoms with Gasteiger partial charge in [0, 0.05) is 38.5 Å². The first-order valence-electron chi connectivity index (χ1n) is 14.3. The van der Waals surface area contributed by atoms with Crippen molar-refractivity contribution in [3.63, 3.8) is 0 Å². The van der Waals surface area contributed by atoms with E-state index in [1.165, 1.54) is 12.8 Å². The van der Waals surface area contributed by atoms with Gasteiger partial charge in [-0.05, 0) is 80.5 Å². The summed E-state index contributed by atoms with van der Waals surface area (Å²) in [7, 11) is -3.45. The fourth-order valence-electron chi connectivity index (χ4n) is 6.76. The number of amides is 2. The molecule has 3 heterocycles. The molecule has 1 aromatic carbocycles. The Morgan fingerprint density at radius 1 is 1.03 bits per heavy atom. The Hall–Kier alpha value is -2.26. The quantitative estimate of drug-likeness (QED) is 0.570. The molecular formula is C29H42N4O4S. The first-order chi connectivity index (χ1) is 18.1. The normalized spacial score (nSPS) is 26.2. The number of benzene rings is 1. The van der Waals surface area contributed by atoms with Gasteiger partial charge in [-0.2, -0.15) is 0 Å². The highest BCUT2D eigenvalue weighted by Crippen LogP contribution is 2.36. The van der Waals surface area contributed by atoms with Crippen LogP contribution in [0.2, 0.25) is 0 Å². The molecule has 0 aromatic heterocycles. The van der Waals surface area contributed by atoms with Crippen LogP contribution in [0.5, 0.6) is 0 Å². The van der Waals surface area contributed by atoms with Gasteiger partial charge < -0.3 is 10.2 Å². The summed E-state index contributed by atoms with van der Waals surface area (Å²) in [4.78, 5) is 31.8. The van der Waals surface area contributed by atoms with Crippen molar-refractivity contribution in [3.05, 3.63) is 34.4 Å². The average Bonchev–Trinajstić information content (AvgIpc) is 3.41. The third kappa shape index (κ3) is 5.55. The maximum absolute atomic E-state index is 13.3. The summed E-state index contributed by atoms with van der Waals surface area (Å²) in [6.45, 7) is 8.41. The first kappa shape index (κ1) is 27.3. The van der Waals surface area contributed by atoms with E-state index >= 15 is 0 Å². The molecule has 1 aromatic rings. The Morgan fingerprint density at radius 3 is 2.29 bits per heavy atom. The van der Waals surface area contributed by atoms with E-state index in [0.29, 0.717) is 51.2 Å². The lowest BCUT2D eigenvalue weighted by Gasteiger charge is -2.34. The van der Waals surface area contributed by atoms with Crippen LogP contribution < -0.4 is 5.32 Å². The van der Waals surface area contributed by atoms with E-state index in [-0.39, 0.29) is 17.6 Å². The molecule has 0 radical (unpaired) electrons. The Balaban J connectivity index is 1.19. The lowest BCUT2D eigenvalue weighted by Crippen LogP contribution is -2.51. The molecule has 0 bridgehead atoms. The van der Waals surface area contributed by atoms with Gasteiger partial charge in [0.1, 0.15) is 11.4 Å². The van der Waals surface area contributed by atoms with E-state index in [1.54, 1.807) is 4.31 Å². The molecule has 3 aliphatic heterocycles. The van der Waals surface area contributed by atoms with Gasteiger partial charge in [0.15, 0.2) is 0 Å². The summed E-state index contributed by atoms with van der Waals surface area (Å²) >= 11 is 0. The van der Waals surface area contributed by atoms with Crippen LogP contribution in [-0.4, -0.2) is 66.2 Å². The summed E-state index contributed by atoms with van der Waals surface area (Å²) in [5.41, 5.74) is 3.50. The fourth-order valence-corrected chi connectivity index (χ4v) is 8.22. The number of likely N-dealkylation sites (tertiary alicyclic amines) is 1. The van der Waals surface area contributed by atoms with Crippen LogP contribution in [-0.2, 0) is 32.6 Å². The van der Waals surface area contributed by atoms with Crippen molar-refractivity contribution in [3.8, 4) is 0 Å². The Morgan fingerprint density at radius 2 is 1.68 bits per heavy atom. The SMILES string of the molecule is Cc1cc(CN2CCCC2=O)cc(C)c1CCS(=O)(=O)N1CCC2(CC1)N=C(C1CCC(C)CC1)NC2=O. The lowest BCUT2D eigenvalue weighted by atomic mass is 9.82. The number of aryl methyl sites for hydroxylation is 2. The van der Waals surface area contributed by atoms with Crippen LogP contribution in [0.3, 0.4) is 0 Å². The highest BCUT2D eigenvalue weighted by atomic mass is 32.2. The largest absolute Gasteiger partial charge is 0.338 e. The molecule has 2 saturated heterocycles. The van der Waals surface area contributed by atoms with Gasteiger partial charge in [-0.1, -0.05) is 31.9 Å². The standard InChI is InChI=1S/C29H42N4O4S/c1-20-6-8-24(9-7-20)27-30-28(35)29(31-27)11-14-33(15-12-29)38(36,37)16-10-25-21(2)17-23(18-22(25)3)19-32-13-4-5-26(32)34/h17-18,20,24H,4-16,19H2,1-3H3,(H,30,31,35). The lowest BCUT2D eigenvalue weighted by molar-refractivity contribution is -0.128. The summed E-state index contributed by atoms with van der Waals surface area (Å²) in [5, 5.41) is 3.06. The number of carbonyl (C=O) groups excluding carboxylic acids is 2. The minimum Gasteiger partial charge on any atom is -0.338 e. The van der Waals surface area contributed by atoms with Crippen molar-refractivity contribution in [2.24, 2.45) is 16.8 Å². The van der Waals surface area contributed by atoms with Crippen LogP contribution in [0.4, 0.5) is 0 Å². The summed E-state index contributed by atoms with van der Waals surface area (Å²) < 4.78 is 28.1. The first-order valence-corrected chi connectivity index (χ1v) is 15.9. The van der Waals surface area contributed by atoms with E-state index in [1.807, 2.05) is 18.7 Å². The second-order valence-corrected chi connectivity index (χ2v) is 14.1. The average molecular weight is 543 g/mol. The zero-order chi connectivity index (χ0) is 27.1. The maximum Gasteiger partial charge on any atom is 0.253 e. The van der Waals surface area contributed by atoms with Gasteiger partial charge >= 0.3 is 0 Å². The molecule has 1 spiro atoms. The van der Waals surface area contributed by atoms with Crippen molar-refractivity contribution in [2.45, 2.75) is 90.6 Å². The monoisotopic (exact) mass is 542 g/mol. The predicted octanol–water partition coefficient (Wildman–Crippen LogP) is 3.49. The molecule has 8 nitrogen and oxygen atoms in total. The second-order valence-electron chi connectivity index (χ2n) is 12.0. The summed E-state index contributed by atoms with van der Waals surface area (Å²) in [6.07, 6.45) is 7.33. The van der Waals surface area contributed by atoms with E-state index in [2.05, 4.69) is 24.4 Å². The van der Waals surface area contributed by atoms with Crippen molar-refractivity contribution >= 4 is 27.7 Å². The topological polar surface area (TPSA) is 99.2 Å². The van der Waals surface area contributed by atoms with E-state index in [9.17, 15) is 18.0 Å². The molecule has 9 heteroatoms. The molecule has 0 unspecified atom stereocenters. The molecule has 2 amide bonds. The van der Waals surface area contributed by atoms with E-state index in [0.717, 1.165) is 59.8 Å². The van der Waals surface area contributed by atoms with Gasteiger partial charge in [0.25, 0.3) is 5.91 Å². The molecule has 3 fully saturated rings. The molecule has 0 atom stereocenters. The molecular weight excluding hydrogens is 500 g/mol. The number of amidine groups is 1. The highest BCUT2D eigenvalue weighted by molar-refractivity contribution is 7.89. The molecule has 1 aliphatic carbocycles. The Labute approximate surface area is 227 Å². The number of piperidine rings is 1. The highest BCUT2D eigenvalue weighted by Gasteiger charge is 2.48. The molecule has 1 N–H and O–H groups in total. The number of nitrogens with one attached hydrogen (secondary N) is 1. The molecule has 208 valence electrons. The number of aliphatic imine (C=N–C) groups is 1. The van der Waals surface area contributed by atoms with Crippen molar-refractivity contribution < 1.29 is 18.0 Å². The number of nitrogens with zero attached hydrogens (tertiary/aromatic N) is 3. The van der Waals surface area contributed by atoms with Crippen LogP contribution in [0.15, 0.2) is 17.1 Å². The number of hydrogen-bond donors (Lipinski definition) is 1. The zero-order valence-corrected chi connectivity index (χ0v) is 23.9. The van der Waals surface area contributed by atoms with Gasteiger partial charge in [0.05, 0.1) is 5.75 Å². The Kier molecular flexibility index (Phi) is 7.70. The number of hydrogen-bond acceptors (Lipinski definition) is 5. The smallest absolute Gasteiger partial charge is 0.253 e. The molecule has 5 rings (SSSR count). The van der Waals surface area contributed by atoms with E-state index in [4.69, 9.17) is 4.99 Å². The van der Waals surface area contributed by atoms with Crippen molar-refractivity contribution in [1.29, 1.82) is 0 Å². The van der Waals surface area contributed by atoms with Gasteiger partial charge in [-0.25, -0.2) is 12.7 Å². The van der Waals surface area contributed by atoms with Gasteiger partial charge in [-0.3, -0.25) is 14.6 Å². The van der Waals surface area contributed by atoms with Crippen LogP contribution in [0.1, 0.15) is 80.5 Å². The molecule has 38 heavy (non-hydrogen) atoms. The third-order valence-corrected chi connectivity index (χ3v) is 11.1. The second kappa shape index (κ2) is 10.7. The summed E-state index contributed by atoms with van der Waals surface area (Å²) in [6, 6.07) is 4.18. The van der Waals surface area contributed by atoms with Gasteiger partial charge in [-0.15, -0.1) is 0 Å². The number of rotatable bonds is 7. The zero-order valence-electron chi connectivity index (χ0n) is 23.1. The van der Waals surface area contributed by atoms with Crippen LogP contribution >= 0.6 is 0 Å². The van der Waals surface area contributed by atoms with Crippen molar-refractivity contribution in [1.82, 2.24) is 14.5 Å². The number of sulfonamides is 1. The minimum atomic E-state index is -3.45. The summed E-state index contributed by atoms with van der Waals surface area (Å²) in [5.74, 6) is 2.10. The van der Waals surface area contributed by atoms with Gasteiger partial charge in [0.2, 0.25) is 15.9 Å². The minimum absolute atomic E-state index is 0.0482. The van der Waals surface area contributed by atoms with E-state index < -0.39 is 15.6 Å². The predicted molar refractivity (Wildman–Crippen MR) is 148 cm³/mol.